The highest BCUT2D eigenvalue weighted by atomic mass is 16.5. The number of hydrogen-bond acceptors (Lipinski definition) is 7. The van der Waals surface area contributed by atoms with Gasteiger partial charge < -0.3 is 40.8 Å². The Hall–Kier alpha value is -2.56. The zero-order valence-corrected chi connectivity index (χ0v) is 21.7. The Bertz CT molecular complexity index is 820. The molecule has 2 fully saturated rings. The Morgan fingerprint density at radius 1 is 1.25 bits per heavy atom. The van der Waals surface area contributed by atoms with Gasteiger partial charge in [-0.05, 0) is 62.8 Å². The predicted molar refractivity (Wildman–Crippen MR) is 139 cm³/mol. The number of nitrogens with two attached hydrogens (primary N) is 1. The van der Waals surface area contributed by atoms with Crippen LogP contribution in [0.4, 0.5) is 15.3 Å². The Balaban J connectivity index is 1.56. The van der Waals surface area contributed by atoms with Crippen LogP contribution in [0, 0.1) is 11.8 Å². The van der Waals surface area contributed by atoms with Crippen LogP contribution < -0.4 is 21.7 Å². The van der Waals surface area contributed by atoms with Crippen LogP contribution in [0.25, 0.3) is 0 Å². The molecule has 0 aliphatic carbocycles. The lowest BCUT2D eigenvalue weighted by atomic mass is 9.88. The molecule has 0 bridgehead atoms. The molecule has 2 aliphatic heterocycles. The molecule has 36 heavy (non-hydrogen) atoms. The van der Waals surface area contributed by atoms with Crippen LogP contribution >= 0.6 is 0 Å². The smallest absolute Gasteiger partial charge is 0.406 e. The second-order valence-electron chi connectivity index (χ2n) is 9.72. The number of nitrogen functional groups attached to an aromatic ring is 1. The van der Waals surface area contributed by atoms with E-state index in [0.29, 0.717) is 37.8 Å². The minimum Gasteiger partial charge on any atom is -0.453 e. The number of urea groups is 1. The van der Waals surface area contributed by atoms with Crippen LogP contribution in [-0.4, -0.2) is 83.2 Å². The van der Waals surface area contributed by atoms with Crippen LogP contribution in [0.5, 0.6) is 0 Å². The Morgan fingerprint density at radius 3 is 2.83 bits per heavy atom. The molecule has 0 unspecified atom stereocenters. The van der Waals surface area contributed by atoms with Gasteiger partial charge in [-0.1, -0.05) is 12.1 Å². The average molecular weight is 506 g/mol. The van der Waals surface area contributed by atoms with Gasteiger partial charge in [0, 0.05) is 57.0 Å². The van der Waals surface area contributed by atoms with Crippen molar-refractivity contribution in [3.63, 3.8) is 0 Å². The van der Waals surface area contributed by atoms with Crippen LogP contribution in [-0.2, 0) is 14.2 Å². The molecular weight excluding hydrogens is 462 g/mol. The van der Waals surface area contributed by atoms with E-state index in [2.05, 4.69) is 20.7 Å². The van der Waals surface area contributed by atoms with Crippen molar-refractivity contribution in [3.05, 3.63) is 29.8 Å². The van der Waals surface area contributed by atoms with Gasteiger partial charge in [-0.3, -0.25) is 0 Å². The molecule has 1 aromatic carbocycles. The molecule has 10 heteroatoms. The molecule has 2 saturated heterocycles. The fraction of sp³-hybridized carbons (Fsp3) is 0.692. The summed E-state index contributed by atoms with van der Waals surface area (Å²) >= 11 is 0. The van der Waals surface area contributed by atoms with Crippen LogP contribution in [0.15, 0.2) is 24.3 Å². The van der Waals surface area contributed by atoms with Gasteiger partial charge in [-0.2, -0.15) is 0 Å². The number of likely N-dealkylation sites (tertiary alicyclic amines) is 1. The van der Waals surface area contributed by atoms with Crippen LogP contribution in [0.2, 0.25) is 0 Å². The third kappa shape index (κ3) is 8.83. The van der Waals surface area contributed by atoms with Gasteiger partial charge in [0.05, 0.1) is 19.8 Å². The Labute approximate surface area is 214 Å². The van der Waals surface area contributed by atoms with Crippen LogP contribution in [0.3, 0.4) is 0 Å². The van der Waals surface area contributed by atoms with E-state index >= 15 is 0 Å². The number of carbonyl (C=O) groups excluding carboxylic acids is 2. The molecular formula is C26H43N5O5. The Kier molecular flexibility index (Phi) is 11.6. The lowest BCUT2D eigenvalue weighted by Crippen LogP contribution is -2.50. The topological polar surface area (TPSA) is 127 Å². The van der Waals surface area contributed by atoms with E-state index in [9.17, 15) is 9.59 Å². The zero-order chi connectivity index (χ0) is 25.8. The summed E-state index contributed by atoms with van der Waals surface area (Å²) in [5, 5.41) is 9.12. The number of hydrogen-bond donors (Lipinski definition) is 4. The van der Waals surface area contributed by atoms with Crippen molar-refractivity contribution in [2.75, 3.05) is 65.9 Å². The molecule has 5 N–H and O–H groups in total. The maximum Gasteiger partial charge on any atom is 0.406 e. The number of rotatable bonds is 11. The van der Waals surface area contributed by atoms with E-state index in [4.69, 9.17) is 15.2 Å². The maximum atomic E-state index is 13.1. The second kappa shape index (κ2) is 14.9. The minimum absolute atomic E-state index is 0.0430. The standard InChI is InChI=1S/C26H43N5O5/c1-28-23(14-19-6-5-12-35-18-19)16-30-25(32)31-11-4-8-21(17-31)24(20-7-3-9-22(27)15-20)36-13-10-29-26(33)34-2/h3,7,9,15,19,21,23-24,28H,4-6,8,10-14,16-18,27H2,1-2H3,(H,29,33)(H,30,32)/t19-,21-,23+,24+/m1/s1. The fourth-order valence-corrected chi connectivity index (χ4v) is 5.11. The van der Waals surface area contributed by atoms with Gasteiger partial charge in [-0.15, -0.1) is 0 Å². The summed E-state index contributed by atoms with van der Waals surface area (Å²) in [6.45, 7) is 4.22. The average Bonchev–Trinajstić information content (AvgIpc) is 2.91. The molecule has 3 rings (SSSR count). The molecule has 202 valence electrons. The third-order valence-electron chi connectivity index (χ3n) is 7.05. The normalized spacial score (nSPS) is 21.9. The SMILES string of the molecule is CN[C@H](CNC(=O)N1CCC[C@@H]([C@@H](OCCNC(=O)OC)c2cccc(N)c2)C1)C[C@H]1CCCOC1. The maximum absolute atomic E-state index is 13.1. The number of likely N-dealkylation sites (N-methyl/N-ethyl adjacent to an activating group) is 1. The Morgan fingerprint density at radius 2 is 2.11 bits per heavy atom. The quantitative estimate of drug-likeness (QED) is 0.269. The molecule has 2 heterocycles. The van der Waals surface area contributed by atoms with Gasteiger partial charge in [0.15, 0.2) is 0 Å². The minimum atomic E-state index is -0.490. The predicted octanol–water partition coefficient (Wildman–Crippen LogP) is 2.51. The van der Waals surface area contributed by atoms with E-state index in [0.717, 1.165) is 51.0 Å². The van der Waals surface area contributed by atoms with Gasteiger partial charge in [-0.25, -0.2) is 9.59 Å². The van der Waals surface area contributed by atoms with E-state index in [1.54, 1.807) is 0 Å². The second-order valence-corrected chi connectivity index (χ2v) is 9.72. The molecule has 0 aromatic heterocycles. The highest BCUT2D eigenvalue weighted by Gasteiger charge is 2.31. The molecule has 2 aliphatic rings. The summed E-state index contributed by atoms with van der Waals surface area (Å²) in [6.07, 6.45) is 4.39. The number of nitrogens with zero attached hydrogens (tertiary/aromatic N) is 1. The number of nitrogens with one attached hydrogen (secondary N) is 3. The van der Waals surface area contributed by atoms with Crippen molar-refractivity contribution in [2.24, 2.45) is 11.8 Å². The lowest BCUT2D eigenvalue weighted by molar-refractivity contribution is -0.00848. The molecule has 0 spiro atoms. The number of piperidine rings is 1. The first-order valence-corrected chi connectivity index (χ1v) is 13.1. The van der Waals surface area contributed by atoms with E-state index in [1.807, 2.05) is 36.2 Å². The summed E-state index contributed by atoms with van der Waals surface area (Å²) in [5.41, 5.74) is 7.69. The van der Waals surface area contributed by atoms with Gasteiger partial charge >= 0.3 is 12.1 Å². The first-order chi connectivity index (χ1) is 17.5. The van der Waals surface area contributed by atoms with Gasteiger partial charge in [0.2, 0.25) is 0 Å². The van der Waals surface area contributed by atoms with Gasteiger partial charge in [0.1, 0.15) is 0 Å². The number of methoxy groups -OCH3 is 1. The molecule has 10 nitrogen and oxygen atoms in total. The first kappa shape index (κ1) is 28.0. The van der Waals surface area contributed by atoms with Crippen molar-refractivity contribution < 1.29 is 23.8 Å². The van der Waals surface area contributed by atoms with E-state index in [-0.39, 0.29) is 24.1 Å². The van der Waals surface area contributed by atoms with Crippen molar-refractivity contribution in [1.82, 2.24) is 20.9 Å². The summed E-state index contributed by atoms with van der Waals surface area (Å²) in [7, 11) is 3.27. The number of alkyl carbamates (subject to hydrolysis) is 1. The molecule has 0 saturated carbocycles. The van der Waals surface area contributed by atoms with E-state index < -0.39 is 6.09 Å². The number of amides is 3. The summed E-state index contributed by atoms with van der Waals surface area (Å²) < 4.78 is 16.5. The zero-order valence-electron chi connectivity index (χ0n) is 21.7. The highest BCUT2D eigenvalue weighted by Crippen LogP contribution is 2.33. The largest absolute Gasteiger partial charge is 0.453 e. The fourth-order valence-electron chi connectivity index (χ4n) is 5.11. The van der Waals surface area contributed by atoms with E-state index in [1.165, 1.54) is 13.5 Å². The number of anilines is 1. The third-order valence-corrected chi connectivity index (χ3v) is 7.05. The highest BCUT2D eigenvalue weighted by molar-refractivity contribution is 5.74. The molecule has 4 atom stereocenters. The summed E-state index contributed by atoms with van der Waals surface area (Å²) in [5.74, 6) is 0.654. The van der Waals surface area contributed by atoms with Gasteiger partial charge in [0.25, 0.3) is 0 Å². The van der Waals surface area contributed by atoms with Crippen LogP contribution in [0.1, 0.15) is 43.8 Å². The molecule has 0 radical (unpaired) electrons. The van der Waals surface area contributed by atoms with Crippen molar-refractivity contribution >= 4 is 17.8 Å². The summed E-state index contributed by atoms with van der Waals surface area (Å²) in [6, 6.07) is 7.85. The monoisotopic (exact) mass is 505 g/mol. The molecule has 3 amide bonds. The number of benzene rings is 1. The number of ether oxygens (including phenoxy) is 3. The van der Waals surface area contributed by atoms with Crippen molar-refractivity contribution in [1.29, 1.82) is 0 Å². The lowest BCUT2D eigenvalue weighted by Gasteiger charge is -2.37. The van der Waals surface area contributed by atoms with Crippen molar-refractivity contribution in [3.8, 4) is 0 Å². The summed E-state index contributed by atoms with van der Waals surface area (Å²) in [4.78, 5) is 26.3. The van der Waals surface area contributed by atoms with Crippen molar-refractivity contribution in [2.45, 2.75) is 44.2 Å². The molecule has 1 aromatic rings. The first-order valence-electron chi connectivity index (χ1n) is 13.1. The number of carbonyl (C=O) groups is 2.